The zero-order valence-corrected chi connectivity index (χ0v) is 10.2. The molecule has 0 amide bonds. The zero-order chi connectivity index (χ0) is 13.1. The van der Waals surface area contributed by atoms with E-state index in [-0.39, 0.29) is 5.75 Å². The van der Waals surface area contributed by atoms with Gasteiger partial charge >= 0.3 is 0 Å². The first-order chi connectivity index (χ1) is 9.34. The summed E-state index contributed by atoms with van der Waals surface area (Å²) >= 11 is 0. The number of phenols is 1. The van der Waals surface area contributed by atoms with E-state index in [1.54, 1.807) is 24.4 Å². The van der Waals surface area contributed by atoms with Crippen molar-refractivity contribution in [2.24, 2.45) is 0 Å². The fourth-order valence-electron chi connectivity index (χ4n) is 1.92. The van der Waals surface area contributed by atoms with Gasteiger partial charge in [-0.3, -0.25) is 0 Å². The van der Waals surface area contributed by atoms with E-state index in [9.17, 15) is 5.11 Å². The van der Waals surface area contributed by atoms with E-state index in [0.717, 1.165) is 11.3 Å². The molecule has 2 aromatic carbocycles. The van der Waals surface area contributed by atoms with Crippen molar-refractivity contribution in [1.82, 2.24) is 9.97 Å². The Morgan fingerprint density at radius 2 is 1.53 bits per heavy atom. The fraction of sp³-hybridized carbons (Fsp3) is 0. The van der Waals surface area contributed by atoms with Crippen LogP contribution < -0.4 is 0 Å². The molecule has 1 aromatic heterocycles. The third kappa shape index (κ3) is 2.31. The van der Waals surface area contributed by atoms with E-state index in [1.165, 1.54) is 0 Å². The second-order valence-electron chi connectivity index (χ2n) is 4.15. The number of rotatable bonds is 2. The summed E-state index contributed by atoms with van der Waals surface area (Å²) < 4.78 is 0. The van der Waals surface area contributed by atoms with Gasteiger partial charge in [0.25, 0.3) is 0 Å². The molecule has 0 saturated carbocycles. The van der Waals surface area contributed by atoms with Gasteiger partial charge in [-0.1, -0.05) is 42.5 Å². The lowest BCUT2D eigenvalue weighted by molar-refractivity contribution is 0.477. The van der Waals surface area contributed by atoms with Gasteiger partial charge in [-0.2, -0.15) is 0 Å². The van der Waals surface area contributed by atoms with Gasteiger partial charge in [-0.05, 0) is 18.2 Å². The molecule has 0 spiro atoms. The Morgan fingerprint density at radius 1 is 0.789 bits per heavy atom. The minimum Gasteiger partial charge on any atom is -0.507 e. The summed E-state index contributed by atoms with van der Waals surface area (Å²) in [6.45, 7) is 0. The van der Waals surface area contributed by atoms with E-state index in [0.29, 0.717) is 11.4 Å². The third-order valence-corrected chi connectivity index (χ3v) is 2.87. The average Bonchev–Trinajstić information content (AvgIpc) is 2.49. The molecule has 0 fully saturated rings. The predicted octanol–water partition coefficient (Wildman–Crippen LogP) is 3.52. The lowest BCUT2D eigenvalue weighted by Gasteiger charge is -2.05. The number of phenolic OH excluding ortho intramolecular Hbond substituents is 1. The molecular weight excluding hydrogens is 236 g/mol. The number of benzene rings is 2. The SMILES string of the molecule is Oc1ccccc1-c1nccc(-c2ccccc2)n1. The van der Waals surface area contributed by atoms with Gasteiger partial charge in [0.1, 0.15) is 5.75 Å². The topological polar surface area (TPSA) is 46.0 Å². The average molecular weight is 248 g/mol. The molecule has 0 saturated heterocycles. The van der Waals surface area contributed by atoms with E-state index in [2.05, 4.69) is 9.97 Å². The summed E-state index contributed by atoms with van der Waals surface area (Å²) in [6.07, 6.45) is 1.71. The molecule has 0 radical (unpaired) electrons. The monoisotopic (exact) mass is 248 g/mol. The second kappa shape index (κ2) is 4.90. The van der Waals surface area contributed by atoms with Crippen LogP contribution >= 0.6 is 0 Å². The Hall–Kier alpha value is -2.68. The smallest absolute Gasteiger partial charge is 0.163 e. The van der Waals surface area contributed by atoms with Gasteiger partial charge < -0.3 is 5.11 Å². The maximum absolute atomic E-state index is 9.85. The van der Waals surface area contributed by atoms with Gasteiger partial charge in [0.2, 0.25) is 0 Å². The van der Waals surface area contributed by atoms with Crippen molar-refractivity contribution in [2.75, 3.05) is 0 Å². The quantitative estimate of drug-likeness (QED) is 0.754. The number of hydrogen-bond acceptors (Lipinski definition) is 3. The lowest BCUT2D eigenvalue weighted by atomic mass is 10.1. The first-order valence-corrected chi connectivity index (χ1v) is 6.01. The van der Waals surface area contributed by atoms with Crippen LogP contribution in [0, 0.1) is 0 Å². The molecule has 3 heteroatoms. The maximum atomic E-state index is 9.85. The number of nitrogens with zero attached hydrogens (tertiary/aromatic N) is 2. The second-order valence-corrected chi connectivity index (χ2v) is 4.15. The molecule has 1 N–H and O–H groups in total. The minimum absolute atomic E-state index is 0.188. The molecule has 3 nitrogen and oxygen atoms in total. The Kier molecular flexibility index (Phi) is 2.94. The van der Waals surface area contributed by atoms with Crippen molar-refractivity contribution in [3.05, 3.63) is 66.9 Å². The van der Waals surface area contributed by atoms with Crippen molar-refractivity contribution in [1.29, 1.82) is 0 Å². The highest BCUT2D eigenvalue weighted by Gasteiger charge is 2.07. The standard InChI is InChI=1S/C16H12N2O/c19-15-9-5-4-8-13(15)16-17-11-10-14(18-16)12-6-2-1-3-7-12/h1-11,19H. The van der Waals surface area contributed by atoms with Gasteiger partial charge in [-0.15, -0.1) is 0 Å². The summed E-state index contributed by atoms with van der Waals surface area (Å²) in [5.41, 5.74) is 2.51. The molecule has 0 atom stereocenters. The number of aromatic hydroxyl groups is 1. The Morgan fingerprint density at radius 3 is 2.32 bits per heavy atom. The summed E-state index contributed by atoms with van der Waals surface area (Å²) in [6, 6.07) is 18.8. The summed E-state index contributed by atoms with van der Waals surface area (Å²) in [5, 5.41) is 9.85. The highest BCUT2D eigenvalue weighted by molar-refractivity contribution is 5.67. The molecule has 0 aliphatic carbocycles. The highest BCUT2D eigenvalue weighted by atomic mass is 16.3. The van der Waals surface area contributed by atoms with Crippen molar-refractivity contribution in [3.8, 4) is 28.4 Å². The minimum atomic E-state index is 0.188. The van der Waals surface area contributed by atoms with Crippen LogP contribution in [-0.2, 0) is 0 Å². The molecule has 19 heavy (non-hydrogen) atoms. The van der Waals surface area contributed by atoms with E-state index < -0.39 is 0 Å². The van der Waals surface area contributed by atoms with Crippen LogP contribution in [0.3, 0.4) is 0 Å². The van der Waals surface area contributed by atoms with Crippen LogP contribution in [0.4, 0.5) is 0 Å². The molecule has 3 aromatic rings. The third-order valence-electron chi connectivity index (χ3n) is 2.87. The first kappa shape index (κ1) is 11.4. The molecule has 1 heterocycles. The van der Waals surface area contributed by atoms with Crippen LogP contribution in [0.5, 0.6) is 5.75 Å². The Balaban J connectivity index is 2.09. The van der Waals surface area contributed by atoms with Crippen molar-refractivity contribution >= 4 is 0 Å². The van der Waals surface area contributed by atoms with Gasteiger partial charge in [0, 0.05) is 11.8 Å². The van der Waals surface area contributed by atoms with Crippen LogP contribution in [-0.4, -0.2) is 15.1 Å². The first-order valence-electron chi connectivity index (χ1n) is 6.01. The van der Waals surface area contributed by atoms with Gasteiger partial charge in [-0.25, -0.2) is 9.97 Å². The van der Waals surface area contributed by atoms with Crippen LogP contribution in [0.1, 0.15) is 0 Å². The van der Waals surface area contributed by atoms with E-state index >= 15 is 0 Å². The number of hydrogen-bond donors (Lipinski definition) is 1. The van der Waals surface area contributed by atoms with Crippen molar-refractivity contribution in [3.63, 3.8) is 0 Å². The van der Waals surface area contributed by atoms with Crippen molar-refractivity contribution in [2.45, 2.75) is 0 Å². The lowest BCUT2D eigenvalue weighted by Crippen LogP contribution is -1.91. The molecule has 0 aliphatic heterocycles. The zero-order valence-electron chi connectivity index (χ0n) is 10.2. The molecule has 0 bridgehead atoms. The molecule has 0 aliphatic rings. The number of aromatic nitrogens is 2. The molecule has 0 unspecified atom stereocenters. The predicted molar refractivity (Wildman–Crippen MR) is 74.6 cm³/mol. The van der Waals surface area contributed by atoms with E-state index in [4.69, 9.17) is 0 Å². The summed E-state index contributed by atoms with van der Waals surface area (Å²) in [4.78, 5) is 8.73. The van der Waals surface area contributed by atoms with E-state index in [1.807, 2.05) is 42.5 Å². The molecular formula is C16H12N2O. The summed E-state index contributed by atoms with van der Waals surface area (Å²) in [5.74, 6) is 0.715. The number of para-hydroxylation sites is 1. The van der Waals surface area contributed by atoms with Gasteiger partial charge in [0.05, 0.1) is 11.3 Å². The maximum Gasteiger partial charge on any atom is 0.163 e. The summed E-state index contributed by atoms with van der Waals surface area (Å²) in [7, 11) is 0. The highest BCUT2D eigenvalue weighted by Crippen LogP contribution is 2.27. The Bertz CT molecular complexity index is 696. The molecule has 92 valence electrons. The fourth-order valence-corrected chi connectivity index (χ4v) is 1.92. The Labute approximate surface area is 111 Å². The normalized spacial score (nSPS) is 10.3. The molecule has 3 rings (SSSR count). The van der Waals surface area contributed by atoms with Crippen molar-refractivity contribution < 1.29 is 5.11 Å². The van der Waals surface area contributed by atoms with Gasteiger partial charge in [0.15, 0.2) is 5.82 Å². The van der Waals surface area contributed by atoms with Crippen LogP contribution in [0.2, 0.25) is 0 Å². The van der Waals surface area contributed by atoms with Crippen LogP contribution in [0.15, 0.2) is 66.9 Å². The largest absolute Gasteiger partial charge is 0.507 e. The van der Waals surface area contributed by atoms with Crippen LogP contribution in [0.25, 0.3) is 22.6 Å².